The van der Waals surface area contributed by atoms with E-state index in [1.165, 1.54) is 18.4 Å². The molecule has 0 aliphatic carbocycles. The van der Waals surface area contributed by atoms with Gasteiger partial charge in [-0.3, -0.25) is 0 Å². The Morgan fingerprint density at radius 2 is 1.79 bits per heavy atom. The smallest absolute Gasteiger partial charge is 0.0701 e. The third-order valence-corrected chi connectivity index (χ3v) is 6.07. The molecule has 2 rings (SSSR count). The number of hydrogen-bond donors (Lipinski definition) is 1. The normalized spacial score (nSPS) is 12.0. The van der Waals surface area contributed by atoms with Gasteiger partial charge in [0.2, 0.25) is 0 Å². The number of rotatable bonds is 5. The standard InChI is InChI=1S/C15H20BrNS2/c1-15(2,3)13-6-4-12(18-13)10-17-9-8-11-5-7-14(16)19-11/h4-7,17H,8-10H2,1-3H3. The third-order valence-electron chi connectivity index (χ3n) is 2.88. The van der Waals surface area contributed by atoms with E-state index in [1.807, 2.05) is 22.7 Å². The van der Waals surface area contributed by atoms with Gasteiger partial charge in [-0.15, -0.1) is 22.7 Å². The summed E-state index contributed by atoms with van der Waals surface area (Å²) in [6.07, 6.45) is 1.10. The number of halogens is 1. The van der Waals surface area contributed by atoms with Gasteiger partial charge in [-0.1, -0.05) is 20.8 Å². The van der Waals surface area contributed by atoms with Gasteiger partial charge >= 0.3 is 0 Å². The van der Waals surface area contributed by atoms with Crippen LogP contribution >= 0.6 is 38.6 Å². The summed E-state index contributed by atoms with van der Waals surface area (Å²) in [5.41, 5.74) is 0.270. The Hall–Kier alpha value is -0.160. The summed E-state index contributed by atoms with van der Waals surface area (Å²) in [7, 11) is 0. The fourth-order valence-electron chi connectivity index (χ4n) is 1.79. The number of nitrogens with one attached hydrogen (secondary N) is 1. The molecule has 0 saturated heterocycles. The lowest BCUT2D eigenvalue weighted by atomic mass is 9.95. The first-order valence-electron chi connectivity index (χ1n) is 6.49. The van der Waals surface area contributed by atoms with Crippen molar-refractivity contribution >= 4 is 38.6 Å². The van der Waals surface area contributed by atoms with Crippen molar-refractivity contribution in [3.63, 3.8) is 0 Å². The van der Waals surface area contributed by atoms with E-state index in [2.05, 4.69) is 66.3 Å². The molecular formula is C15H20BrNS2. The SMILES string of the molecule is CC(C)(C)c1ccc(CNCCc2ccc(Br)s2)s1. The van der Waals surface area contributed by atoms with Crippen LogP contribution in [-0.2, 0) is 18.4 Å². The van der Waals surface area contributed by atoms with Crippen LogP contribution in [0.2, 0.25) is 0 Å². The maximum absolute atomic E-state index is 3.53. The fraction of sp³-hybridized carbons (Fsp3) is 0.467. The average molecular weight is 358 g/mol. The Morgan fingerprint density at radius 1 is 1.05 bits per heavy atom. The van der Waals surface area contributed by atoms with Gasteiger partial charge in [0.15, 0.2) is 0 Å². The first-order chi connectivity index (χ1) is 8.95. The van der Waals surface area contributed by atoms with Crippen molar-refractivity contribution in [2.45, 2.75) is 39.2 Å². The molecule has 0 radical (unpaired) electrons. The molecule has 0 aliphatic heterocycles. The zero-order chi connectivity index (χ0) is 13.9. The van der Waals surface area contributed by atoms with E-state index in [-0.39, 0.29) is 5.41 Å². The van der Waals surface area contributed by atoms with Gasteiger partial charge in [0.05, 0.1) is 3.79 Å². The van der Waals surface area contributed by atoms with Crippen LogP contribution in [0.5, 0.6) is 0 Å². The number of thiophene rings is 2. The van der Waals surface area contributed by atoms with E-state index in [1.54, 1.807) is 0 Å². The highest BCUT2D eigenvalue weighted by Gasteiger charge is 2.15. The van der Waals surface area contributed by atoms with Crippen LogP contribution in [0.4, 0.5) is 0 Å². The van der Waals surface area contributed by atoms with E-state index in [4.69, 9.17) is 0 Å². The van der Waals surface area contributed by atoms with Crippen molar-refractivity contribution < 1.29 is 0 Å². The van der Waals surface area contributed by atoms with Gasteiger partial charge in [0.25, 0.3) is 0 Å². The lowest BCUT2D eigenvalue weighted by Crippen LogP contribution is -2.15. The van der Waals surface area contributed by atoms with Gasteiger partial charge in [-0.05, 0) is 52.0 Å². The van der Waals surface area contributed by atoms with Crippen LogP contribution in [0.1, 0.15) is 35.4 Å². The molecule has 1 N–H and O–H groups in total. The van der Waals surface area contributed by atoms with Crippen LogP contribution < -0.4 is 5.32 Å². The number of hydrogen-bond acceptors (Lipinski definition) is 3. The molecule has 0 atom stereocenters. The fourth-order valence-corrected chi connectivity index (χ4v) is 4.30. The second kappa shape index (κ2) is 6.53. The Labute approximate surface area is 132 Å². The molecule has 19 heavy (non-hydrogen) atoms. The first-order valence-corrected chi connectivity index (χ1v) is 8.92. The van der Waals surface area contributed by atoms with Crippen LogP contribution in [0.3, 0.4) is 0 Å². The van der Waals surface area contributed by atoms with E-state index in [0.29, 0.717) is 0 Å². The highest BCUT2D eigenvalue weighted by atomic mass is 79.9. The molecule has 2 heterocycles. The van der Waals surface area contributed by atoms with Crippen molar-refractivity contribution in [1.82, 2.24) is 5.32 Å². The second-order valence-electron chi connectivity index (χ2n) is 5.65. The highest BCUT2D eigenvalue weighted by molar-refractivity contribution is 9.11. The lowest BCUT2D eigenvalue weighted by Gasteiger charge is -2.15. The maximum atomic E-state index is 3.53. The molecule has 0 aliphatic rings. The Bertz CT molecular complexity index is 522. The van der Waals surface area contributed by atoms with Crippen molar-refractivity contribution in [3.05, 3.63) is 42.7 Å². The predicted octanol–water partition coefficient (Wildman–Crippen LogP) is 5.20. The lowest BCUT2D eigenvalue weighted by molar-refractivity contribution is 0.604. The van der Waals surface area contributed by atoms with E-state index in [0.717, 1.165) is 19.5 Å². The topological polar surface area (TPSA) is 12.0 Å². The molecule has 4 heteroatoms. The monoisotopic (exact) mass is 357 g/mol. The second-order valence-corrected chi connectivity index (χ2v) is 9.36. The largest absolute Gasteiger partial charge is 0.311 e. The van der Waals surface area contributed by atoms with Gasteiger partial charge < -0.3 is 5.32 Å². The molecule has 0 bridgehead atoms. The van der Waals surface area contributed by atoms with Gasteiger partial charge in [-0.2, -0.15) is 0 Å². The Balaban J connectivity index is 1.75. The van der Waals surface area contributed by atoms with Crippen molar-refractivity contribution in [2.75, 3.05) is 6.54 Å². The molecular weight excluding hydrogens is 338 g/mol. The van der Waals surface area contributed by atoms with Gasteiger partial charge in [0, 0.05) is 27.7 Å². The summed E-state index contributed by atoms with van der Waals surface area (Å²) in [6.45, 7) is 8.82. The molecule has 2 aromatic rings. The molecule has 104 valence electrons. The van der Waals surface area contributed by atoms with Crippen LogP contribution in [-0.4, -0.2) is 6.54 Å². The molecule has 0 unspecified atom stereocenters. The molecule has 0 saturated carbocycles. The molecule has 2 aromatic heterocycles. The van der Waals surface area contributed by atoms with E-state index >= 15 is 0 Å². The summed E-state index contributed by atoms with van der Waals surface area (Å²) in [5, 5.41) is 3.53. The molecule has 1 nitrogen and oxygen atoms in total. The molecule has 0 spiro atoms. The summed E-state index contributed by atoms with van der Waals surface area (Å²) >= 11 is 7.24. The predicted molar refractivity (Wildman–Crippen MR) is 90.4 cm³/mol. The van der Waals surface area contributed by atoms with Gasteiger partial charge in [-0.25, -0.2) is 0 Å². The quantitative estimate of drug-likeness (QED) is 0.724. The summed E-state index contributed by atoms with van der Waals surface area (Å²) in [6, 6.07) is 8.83. The minimum atomic E-state index is 0.270. The van der Waals surface area contributed by atoms with E-state index < -0.39 is 0 Å². The molecule has 0 amide bonds. The molecule has 0 aromatic carbocycles. The van der Waals surface area contributed by atoms with Crippen molar-refractivity contribution in [1.29, 1.82) is 0 Å². The van der Waals surface area contributed by atoms with Crippen LogP contribution in [0.15, 0.2) is 28.1 Å². The average Bonchev–Trinajstić information content (AvgIpc) is 2.93. The van der Waals surface area contributed by atoms with Crippen LogP contribution in [0, 0.1) is 0 Å². The summed E-state index contributed by atoms with van der Waals surface area (Å²) < 4.78 is 1.22. The highest BCUT2D eigenvalue weighted by Crippen LogP contribution is 2.29. The van der Waals surface area contributed by atoms with Crippen LogP contribution in [0.25, 0.3) is 0 Å². The first kappa shape index (κ1) is 15.2. The minimum Gasteiger partial charge on any atom is -0.311 e. The minimum absolute atomic E-state index is 0.270. The Kier molecular flexibility index (Phi) is 5.23. The molecule has 0 fully saturated rings. The van der Waals surface area contributed by atoms with Gasteiger partial charge in [0.1, 0.15) is 0 Å². The van der Waals surface area contributed by atoms with E-state index in [9.17, 15) is 0 Å². The van der Waals surface area contributed by atoms with Crippen molar-refractivity contribution in [2.24, 2.45) is 0 Å². The third kappa shape index (κ3) is 4.71. The van der Waals surface area contributed by atoms with Crippen molar-refractivity contribution in [3.8, 4) is 0 Å². The zero-order valence-corrected chi connectivity index (χ0v) is 14.8. The summed E-state index contributed by atoms with van der Waals surface area (Å²) in [4.78, 5) is 4.32. The Morgan fingerprint density at radius 3 is 2.37 bits per heavy atom. The zero-order valence-electron chi connectivity index (χ0n) is 11.6. The summed E-state index contributed by atoms with van der Waals surface area (Å²) in [5.74, 6) is 0. The maximum Gasteiger partial charge on any atom is 0.0701 e.